The van der Waals surface area contributed by atoms with Gasteiger partial charge in [-0.25, -0.2) is 13.1 Å². The van der Waals surface area contributed by atoms with Crippen molar-refractivity contribution in [2.24, 2.45) is 0 Å². The van der Waals surface area contributed by atoms with E-state index in [2.05, 4.69) is 9.88 Å². The molecule has 1 aromatic carbocycles. The highest BCUT2D eigenvalue weighted by Crippen LogP contribution is 2.22. The van der Waals surface area contributed by atoms with Crippen molar-refractivity contribution in [3.63, 3.8) is 0 Å². The minimum absolute atomic E-state index is 0.0203. The zero-order valence-corrected chi connectivity index (χ0v) is 12.0. The minimum Gasteiger partial charge on any atom is -0.394 e. The van der Waals surface area contributed by atoms with Gasteiger partial charge in [0.1, 0.15) is 10.6 Å². The van der Waals surface area contributed by atoms with E-state index in [0.717, 1.165) is 0 Å². The minimum atomic E-state index is -3.80. The summed E-state index contributed by atoms with van der Waals surface area (Å²) in [7, 11) is -3.80. The highest BCUT2D eigenvalue weighted by Gasteiger charge is 2.27. The third-order valence-corrected chi connectivity index (χ3v) is 4.63. The molecule has 0 fully saturated rings. The predicted molar refractivity (Wildman–Crippen MR) is 72.6 cm³/mol. The molecule has 6 nitrogen and oxygen atoms in total. The van der Waals surface area contributed by atoms with Gasteiger partial charge in [0.15, 0.2) is 5.76 Å². The van der Waals surface area contributed by atoms with Gasteiger partial charge in [-0.05, 0) is 19.4 Å². The molecule has 0 bridgehead atoms. The van der Waals surface area contributed by atoms with Crippen molar-refractivity contribution in [3.8, 4) is 0 Å². The number of sulfonamides is 1. The molecule has 0 amide bonds. The van der Waals surface area contributed by atoms with Gasteiger partial charge in [0.2, 0.25) is 10.0 Å². The number of aromatic nitrogens is 1. The lowest BCUT2D eigenvalue weighted by Gasteiger charge is -2.16. The number of nitrogens with one attached hydrogen (secondary N) is 1. The SMILES string of the molecule is Cc1noc(C)c1S(=O)(=O)NC(CO)c1ccccc1. The summed E-state index contributed by atoms with van der Waals surface area (Å²) in [5.41, 5.74) is 0.977. The largest absolute Gasteiger partial charge is 0.394 e. The monoisotopic (exact) mass is 296 g/mol. The van der Waals surface area contributed by atoms with Crippen molar-refractivity contribution >= 4 is 10.0 Å². The summed E-state index contributed by atoms with van der Waals surface area (Å²) in [6.07, 6.45) is 0. The number of aliphatic hydroxyl groups is 1. The normalized spacial score (nSPS) is 13.3. The first kappa shape index (κ1) is 14.7. The van der Waals surface area contributed by atoms with Crippen LogP contribution in [-0.2, 0) is 10.0 Å². The molecule has 20 heavy (non-hydrogen) atoms. The average molecular weight is 296 g/mol. The molecule has 0 radical (unpaired) electrons. The summed E-state index contributed by atoms with van der Waals surface area (Å²) in [6.45, 7) is 2.75. The number of nitrogens with zero attached hydrogens (tertiary/aromatic N) is 1. The van der Waals surface area contributed by atoms with Crippen LogP contribution in [0.2, 0.25) is 0 Å². The smallest absolute Gasteiger partial charge is 0.246 e. The molecule has 1 aromatic heterocycles. The Hall–Kier alpha value is -1.70. The molecule has 2 N–H and O–H groups in total. The molecule has 2 rings (SSSR count). The Balaban J connectivity index is 2.32. The van der Waals surface area contributed by atoms with E-state index in [9.17, 15) is 13.5 Å². The number of aliphatic hydroxyl groups excluding tert-OH is 1. The second kappa shape index (κ2) is 5.74. The van der Waals surface area contributed by atoms with Crippen molar-refractivity contribution in [1.29, 1.82) is 0 Å². The van der Waals surface area contributed by atoms with E-state index in [-0.39, 0.29) is 17.3 Å². The maximum atomic E-state index is 12.4. The Morgan fingerprint density at radius 1 is 1.30 bits per heavy atom. The lowest BCUT2D eigenvalue weighted by atomic mass is 10.1. The van der Waals surface area contributed by atoms with Gasteiger partial charge in [0.25, 0.3) is 0 Å². The van der Waals surface area contributed by atoms with E-state index in [1.54, 1.807) is 31.2 Å². The Morgan fingerprint density at radius 2 is 1.95 bits per heavy atom. The van der Waals surface area contributed by atoms with Crippen LogP contribution < -0.4 is 4.72 Å². The fraction of sp³-hybridized carbons (Fsp3) is 0.308. The van der Waals surface area contributed by atoms with Gasteiger partial charge < -0.3 is 9.63 Å². The lowest BCUT2D eigenvalue weighted by molar-refractivity contribution is 0.259. The second-order valence-corrected chi connectivity index (χ2v) is 6.07. The number of aryl methyl sites for hydroxylation is 2. The molecule has 0 aliphatic carbocycles. The predicted octanol–water partition coefficient (Wildman–Crippen LogP) is 1.30. The highest BCUT2D eigenvalue weighted by atomic mass is 32.2. The second-order valence-electron chi connectivity index (χ2n) is 4.42. The van der Waals surface area contributed by atoms with Crippen molar-refractivity contribution < 1.29 is 18.0 Å². The summed E-state index contributed by atoms with van der Waals surface area (Å²) >= 11 is 0. The van der Waals surface area contributed by atoms with Crippen LogP contribution in [0.3, 0.4) is 0 Å². The Bertz CT molecular complexity index is 660. The molecule has 108 valence electrons. The van der Waals surface area contributed by atoms with Crippen LogP contribution in [0.15, 0.2) is 39.8 Å². The van der Waals surface area contributed by atoms with Gasteiger partial charge in [-0.2, -0.15) is 0 Å². The molecule has 0 saturated carbocycles. The quantitative estimate of drug-likeness (QED) is 0.867. The Morgan fingerprint density at radius 3 is 2.45 bits per heavy atom. The van der Waals surface area contributed by atoms with Gasteiger partial charge in [-0.15, -0.1) is 0 Å². The van der Waals surface area contributed by atoms with Crippen LogP contribution in [0, 0.1) is 13.8 Å². The number of benzene rings is 1. The molecule has 1 heterocycles. The van der Waals surface area contributed by atoms with E-state index in [1.807, 2.05) is 6.07 Å². The Kier molecular flexibility index (Phi) is 4.22. The lowest BCUT2D eigenvalue weighted by Crippen LogP contribution is -2.31. The molecule has 1 unspecified atom stereocenters. The molecule has 2 aromatic rings. The molecule has 0 saturated heterocycles. The molecule has 0 spiro atoms. The van der Waals surface area contributed by atoms with Crippen LogP contribution >= 0.6 is 0 Å². The van der Waals surface area contributed by atoms with Crippen molar-refractivity contribution in [1.82, 2.24) is 9.88 Å². The molecule has 0 aliphatic heterocycles. The van der Waals surface area contributed by atoms with Gasteiger partial charge in [-0.1, -0.05) is 35.5 Å². The third kappa shape index (κ3) is 2.90. The first-order valence-electron chi connectivity index (χ1n) is 6.06. The summed E-state index contributed by atoms with van der Waals surface area (Å²) in [6, 6.07) is 8.16. The summed E-state index contributed by atoms with van der Waals surface area (Å²) in [5.74, 6) is 0.222. The summed E-state index contributed by atoms with van der Waals surface area (Å²) in [5, 5.41) is 13.0. The molecule has 0 aliphatic rings. The average Bonchev–Trinajstić information content (AvgIpc) is 2.77. The van der Waals surface area contributed by atoms with Crippen molar-refractivity contribution in [3.05, 3.63) is 47.3 Å². The van der Waals surface area contributed by atoms with Crippen molar-refractivity contribution in [2.45, 2.75) is 24.8 Å². The highest BCUT2D eigenvalue weighted by molar-refractivity contribution is 7.89. The molecule has 7 heteroatoms. The van der Waals surface area contributed by atoms with E-state index in [4.69, 9.17) is 4.52 Å². The van der Waals surface area contributed by atoms with E-state index in [0.29, 0.717) is 11.3 Å². The molecule has 1 atom stereocenters. The van der Waals surface area contributed by atoms with Gasteiger partial charge in [0.05, 0.1) is 12.6 Å². The number of rotatable bonds is 5. The zero-order valence-electron chi connectivity index (χ0n) is 11.2. The van der Waals surface area contributed by atoms with Crippen LogP contribution in [-0.4, -0.2) is 25.3 Å². The first-order valence-corrected chi connectivity index (χ1v) is 7.55. The fourth-order valence-corrected chi connectivity index (χ4v) is 3.55. The Labute approximate surface area is 117 Å². The number of hydrogen-bond acceptors (Lipinski definition) is 5. The van der Waals surface area contributed by atoms with Gasteiger partial charge in [0, 0.05) is 0 Å². The molecular formula is C13H16N2O4S. The first-order chi connectivity index (χ1) is 9.45. The molecular weight excluding hydrogens is 280 g/mol. The van der Waals surface area contributed by atoms with E-state index >= 15 is 0 Å². The van der Waals surface area contributed by atoms with Crippen molar-refractivity contribution in [2.75, 3.05) is 6.61 Å². The van der Waals surface area contributed by atoms with Crippen LogP contribution in [0.25, 0.3) is 0 Å². The van der Waals surface area contributed by atoms with Crippen LogP contribution in [0.4, 0.5) is 0 Å². The standard InChI is InChI=1S/C13H16N2O4S/c1-9-13(10(2)19-14-9)20(17,18)15-12(8-16)11-6-4-3-5-7-11/h3-7,12,15-16H,8H2,1-2H3. The topological polar surface area (TPSA) is 92.4 Å². The van der Waals surface area contributed by atoms with Gasteiger partial charge in [-0.3, -0.25) is 0 Å². The maximum Gasteiger partial charge on any atom is 0.246 e. The van der Waals surface area contributed by atoms with Crippen LogP contribution in [0.5, 0.6) is 0 Å². The van der Waals surface area contributed by atoms with E-state index < -0.39 is 16.1 Å². The maximum absolute atomic E-state index is 12.4. The third-order valence-electron chi connectivity index (χ3n) is 2.92. The van der Waals surface area contributed by atoms with E-state index in [1.165, 1.54) is 6.92 Å². The summed E-state index contributed by atoms with van der Waals surface area (Å²) in [4.78, 5) is 0.0203. The number of hydrogen-bond donors (Lipinski definition) is 2. The zero-order chi connectivity index (χ0) is 14.8. The summed E-state index contributed by atoms with van der Waals surface area (Å²) < 4.78 is 32.0. The fourth-order valence-electron chi connectivity index (χ4n) is 2.00. The van der Waals surface area contributed by atoms with Crippen LogP contribution in [0.1, 0.15) is 23.1 Å². The van der Waals surface area contributed by atoms with Gasteiger partial charge >= 0.3 is 0 Å².